The lowest BCUT2D eigenvalue weighted by Gasteiger charge is -2.33. The highest BCUT2D eigenvalue weighted by Gasteiger charge is 2.30. The van der Waals surface area contributed by atoms with Crippen molar-refractivity contribution < 1.29 is 86.1 Å². The molecule has 5 aromatic rings. The summed E-state index contributed by atoms with van der Waals surface area (Å²) in [6.07, 6.45) is 6.35. The number of amides is 4. The van der Waals surface area contributed by atoms with Crippen LogP contribution in [0.3, 0.4) is 0 Å². The Hall–Kier alpha value is -8.93. The van der Waals surface area contributed by atoms with Crippen LogP contribution in [0.25, 0.3) is 10.9 Å². The van der Waals surface area contributed by atoms with Gasteiger partial charge in [-0.3, -0.25) is 62.8 Å². The average molecular weight is 1400 g/mol. The number of aromatic amines is 1. The number of nitrogens with zero attached hydrogens (tertiary/aromatic N) is 6. The third-order valence-electron chi connectivity index (χ3n) is 15.9. The lowest BCUT2D eigenvalue weighted by molar-refractivity contribution is -0.140. The molecule has 0 radical (unpaired) electrons. The first-order valence-electron chi connectivity index (χ1n) is 32.6. The third-order valence-corrected chi connectivity index (χ3v) is 17.7. The lowest BCUT2D eigenvalue weighted by atomic mass is 10.0. The molecule has 2 unspecified atom stereocenters. The fourth-order valence-corrected chi connectivity index (χ4v) is 12.5. The van der Waals surface area contributed by atoms with Gasteiger partial charge in [0.05, 0.1) is 69.6 Å². The minimum atomic E-state index is -4.47. The zero-order valence-electron chi connectivity index (χ0n) is 56.4. The van der Waals surface area contributed by atoms with E-state index in [1.807, 2.05) is 31.2 Å². The van der Waals surface area contributed by atoms with E-state index in [1.54, 1.807) is 61.8 Å². The zero-order chi connectivity index (χ0) is 71.9. The number of carboxylic acids is 4. The molecule has 0 bridgehead atoms. The second-order valence-corrected chi connectivity index (χ2v) is 25.6. The van der Waals surface area contributed by atoms with Crippen molar-refractivity contribution in [1.82, 2.24) is 60.1 Å². The van der Waals surface area contributed by atoms with Crippen LogP contribution in [0.2, 0.25) is 0 Å². The second-order valence-electron chi connectivity index (χ2n) is 24.0. The van der Waals surface area contributed by atoms with Crippen LogP contribution in [0.4, 0.5) is 5.95 Å². The maximum atomic E-state index is 13.7. The third kappa shape index (κ3) is 28.1. The summed E-state index contributed by atoms with van der Waals surface area (Å²) in [5.41, 5.74) is 2.90. The Balaban J connectivity index is 0.819. The molecule has 3 aromatic carbocycles. The van der Waals surface area contributed by atoms with Crippen LogP contribution in [-0.4, -0.2) is 267 Å². The van der Waals surface area contributed by atoms with Gasteiger partial charge in [0.15, 0.2) is 5.95 Å². The standard InChI is InChI=1S/C66H93N13O19S/c1-45-9-11-48(12-10-45)36-53(73-57(81)41-76-19-21-77(42-58(82)83)23-25-79(44-60(86)87)26-24-78(22-20-76)43-59(84)85)64(90)68-16-7-28-96-31-33-97-32-30-95-27-6-15-67-56(80)8-5-29-98-50-34-46(2)62(47(3)35-50)99(93,94)74-54(65(91)92)39-71-63(89)52-40-75(4)55-37-49(13-14-51(55)61(52)88)38-72-66-69-17-18-70-66/h9-14,17-18,34-35,37,40,53-54,74H,5-8,15-16,19-33,36,38-39,41-44H2,1-4H3,(H,67,80)(H,68,90)(H,71,89)(H,73,81)(H,82,83)(H,84,85)(H,86,87)(H,91,92)(H2,69,70,72). The Morgan fingerprint density at radius 3 is 1.70 bits per heavy atom. The SMILES string of the molecule is Cc1ccc(CC(NC(=O)CN2CCN(CC(=O)O)CCN(CC(=O)O)CCN(CC(=O)O)CC2)C(=O)NCCCOCCOCCOCCCNC(=O)CCCOc2cc(C)c(S(=O)(=O)NC(CNC(=O)c3cn(C)c4cc(CNc5ncc[nH]5)ccc4c3=O)C(=O)O)c(C)c2)cc1. The van der Waals surface area contributed by atoms with Crippen LogP contribution < -0.4 is 41.5 Å². The Bertz CT molecular complexity index is 3620. The van der Waals surface area contributed by atoms with Gasteiger partial charge >= 0.3 is 23.9 Å². The fourth-order valence-electron chi connectivity index (χ4n) is 10.8. The molecule has 32 nitrogen and oxygen atoms in total. The van der Waals surface area contributed by atoms with Gasteiger partial charge in [-0.15, -0.1) is 0 Å². The van der Waals surface area contributed by atoms with E-state index < -0.39 is 75.7 Å². The molecule has 0 aliphatic carbocycles. The van der Waals surface area contributed by atoms with Gasteiger partial charge in [0.25, 0.3) is 5.91 Å². The summed E-state index contributed by atoms with van der Waals surface area (Å²) in [7, 11) is -2.82. The monoisotopic (exact) mass is 1400 g/mol. The number of aryl methyl sites for hydroxylation is 4. The first kappa shape index (κ1) is 79.1. The Kier molecular flexibility index (Phi) is 32.6. The molecule has 0 saturated carbocycles. The first-order valence-corrected chi connectivity index (χ1v) is 34.1. The van der Waals surface area contributed by atoms with Gasteiger partial charge in [0.2, 0.25) is 33.2 Å². The van der Waals surface area contributed by atoms with Gasteiger partial charge in [0, 0.05) is 136 Å². The quantitative estimate of drug-likeness (QED) is 0.0236. The number of ether oxygens (including phenoxy) is 4. The van der Waals surface area contributed by atoms with Gasteiger partial charge in [-0.25, -0.2) is 13.4 Å². The van der Waals surface area contributed by atoms with E-state index in [0.717, 1.165) is 16.7 Å². The molecular weight excluding hydrogens is 1310 g/mol. The van der Waals surface area contributed by atoms with Gasteiger partial charge in [0.1, 0.15) is 23.4 Å². The number of aliphatic carboxylic acids is 4. The Labute approximate surface area is 574 Å². The van der Waals surface area contributed by atoms with Gasteiger partial charge in [-0.1, -0.05) is 35.9 Å². The second kappa shape index (κ2) is 40.8. The van der Waals surface area contributed by atoms with Crippen LogP contribution in [0.15, 0.2) is 82.9 Å². The topological polar surface area (TPSA) is 424 Å². The molecule has 6 rings (SSSR count). The summed E-state index contributed by atoms with van der Waals surface area (Å²) in [4.78, 5) is 128. The van der Waals surface area contributed by atoms with Gasteiger partial charge in [-0.05, 0) is 86.6 Å². The normalized spacial score (nSPS) is 14.5. The van der Waals surface area contributed by atoms with Crippen molar-refractivity contribution >= 4 is 74.4 Å². The van der Waals surface area contributed by atoms with E-state index in [4.69, 9.17) is 18.9 Å². The number of carbonyl (C=O) groups excluding carboxylic acids is 4. The number of H-pyrrole nitrogens is 1. The molecular formula is C66H93N13O19S. The van der Waals surface area contributed by atoms with Crippen molar-refractivity contribution in [2.45, 2.75) is 76.4 Å². The number of benzene rings is 3. The molecule has 542 valence electrons. The number of imidazole rings is 1. The number of fused-ring (bicyclic) bond motifs is 1. The Morgan fingerprint density at radius 1 is 0.626 bits per heavy atom. The number of rotatable bonds is 41. The maximum absolute atomic E-state index is 13.7. The van der Waals surface area contributed by atoms with Crippen LogP contribution in [0.5, 0.6) is 5.75 Å². The summed E-state index contributed by atoms with van der Waals surface area (Å²) in [5, 5.41) is 53.1. The molecule has 1 fully saturated rings. The number of nitrogens with one attached hydrogen (secondary N) is 7. The van der Waals surface area contributed by atoms with Crippen LogP contribution in [-0.2, 0) is 77.8 Å². The number of hydrogen-bond acceptors (Lipinski definition) is 21. The molecule has 1 saturated heterocycles. The molecule has 3 heterocycles. The number of carbonyl (C=O) groups is 8. The van der Waals surface area contributed by atoms with Crippen molar-refractivity contribution in [3.05, 3.63) is 117 Å². The molecule has 2 atom stereocenters. The molecule has 4 amide bonds. The van der Waals surface area contributed by atoms with Crippen LogP contribution in [0.1, 0.15) is 63.9 Å². The largest absolute Gasteiger partial charge is 0.494 e. The van der Waals surface area contributed by atoms with Crippen molar-refractivity contribution in [3.8, 4) is 5.75 Å². The predicted molar refractivity (Wildman–Crippen MR) is 363 cm³/mol. The number of hydrogen-bond donors (Lipinski definition) is 11. The highest BCUT2D eigenvalue weighted by Crippen LogP contribution is 2.27. The molecule has 11 N–H and O–H groups in total. The summed E-state index contributed by atoms with van der Waals surface area (Å²) < 4.78 is 53.9. The molecule has 1 aliphatic rings. The van der Waals surface area contributed by atoms with Crippen LogP contribution >= 0.6 is 0 Å². The summed E-state index contributed by atoms with van der Waals surface area (Å²) in [5.74, 6) is -5.79. The van der Waals surface area contributed by atoms with E-state index in [-0.39, 0.29) is 137 Å². The predicted octanol–water partition coefficient (Wildman–Crippen LogP) is 0.385. The van der Waals surface area contributed by atoms with E-state index in [2.05, 4.69) is 41.3 Å². The molecule has 99 heavy (non-hydrogen) atoms. The average Bonchev–Trinajstić information content (AvgIpc) is 0.821. The van der Waals surface area contributed by atoms with Crippen molar-refractivity contribution in [2.75, 3.05) is 150 Å². The number of sulfonamides is 1. The minimum absolute atomic E-state index is 0.141. The molecule has 0 spiro atoms. The highest BCUT2D eigenvalue weighted by molar-refractivity contribution is 7.89. The van der Waals surface area contributed by atoms with E-state index >= 15 is 0 Å². The van der Waals surface area contributed by atoms with Crippen molar-refractivity contribution in [2.24, 2.45) is 7.05 Å². The summed E-state index contributed by atoms with van der Waals surface area (Å²) >= 11 is 0. The minimum Gasteiger partial charge on any atom is -0.494 e. The zero-order valence-corrected chi connectivity index (χ0v) is 57.2. The summed E-state index contributed by atoms with van der Waals surface area (Å²) in [6.45, 7) is 8.22. The van der Waals surface area contributed by atoms with E-state index in [9.17, 15) is 72.0 Å². The maximum Gasteiger partial charge on any atom is 0.323 e. The van der Waals surface area contributed by atoms with Gasteiger partial charge < -0.3 is 75.5 Å². The number of pyridine rings is 1. The molecule has 2 aromatic heterocycles. The van der Waals surface area contributed by atoms with Crippen LogP contribution in [0, 0.1) is 20.8 Å². The molecule has 33 heteroatoms. The van der Waals surface area contributed by atoms with Crippen molar-refractivity contribution in [1.29, 1.82) is 0 Å². The summed E-state index contributed by atoms with van der Waals surface area (Å²) in [6, 6.07) is 12.9. The fraction of sp³-hybridized carbons (Fsp3) is 0.515. The highest BCUT2D eigenvalue weighted by atomic mass is 32.2. The van der Waals surface area contributed by atoms with E-state index in [1.165, 1.54) is 32.2 Å². The number of carboxylic acid groups (broad SMARTS) is 4. The van der Waals surface area contributed by atoms with E-state index in [0.29, 0.717) is 89.2 Å². The lowest BCUT2D eigenvalue weighted by Crippen LogP contribution is -2.53. The smallest absolute Gasteiger partial charge is 0.323 e. The number of aromatic nitrogens is 3. The number of anilines is 1. The van der Waals surface area contributed by atoms with Crippen molar-refractivity contribution in [3.63, 3.8) is 0 Å². The molecule has 1 aliphatic heterocycles. The van der Waals surface area contributed by atoms with Gasteiger partial charge in [-0.2, -0.15) is 4.72 Å². The first-order chi connectivity index (χ1) is 47.3. The Morgan fingerprint density at radius 2 is 1.16 bits per heavy atom.